The third-order valence-corrected chi connectivity index (χ3v) is 4.25. The van der Waals surface area contributed by atoms with Crippen molar-refractivity contribution in [2.24, 2.45) is 11.1 Å². The van der Waals surface area contributed by atoms with Gasteiger partial charge in [-0.15, -0.1) is 0 Å². The summed E-state index contributed by atoms with van der Waals surface area (Å²) in [4.78, 5) is 0. The minimum Gasteiger partial charge on any atom is -0.390 e. The Hall–Kier alpha value is -1.12. The second-order valence-corrected chi connectivity index (χ2v) is 8.27. The van der Waals surface area contributed by atoms with Gasteiger partial charge in [0, 0.05) is 12.1 Å². The van der Waals surface area contributed by atoms with Gasteiger partial charge in [0.05, 0.1) is 31.4 Å². The minimum atomic E-state index is -0.924. The van der Waals surface area contributed by atoms with Gasteiger partial charge in [-0.3, -0.25) is 0 Å². The molecule has 1 saturated heterocycles. The van der Waals surface area contributed by atoms with Crippen LogP contribution in [0.2, 0.25) is 0 Å². The van der Waals surface area contributed by atoms with Crippen LogP contribution in [0.3, 0.4) is 0 Å². The van der Waals surface area contributed by atoms with Gasteiger partial charge in [-0.2, -0.15) is 0 Å². The highest BCUT2D eigenvalue weighted by atomic mass is 19.1. The van der Waals surface area contributed by atoms with Crippen LogP contribution in [0.5, 0.6) is 0 Å². The van der Waals surface area contributed by atoms with Crippen molar-refractivity contribution in [3.63, 3.8) is 0 Å². The Labute approximate surface area is 153 Å². The Morgan fingerprint density at radius 1 is 1.31 bits per heavy atom. The quantitative estimate of drug-likeness (QED) is 0.712. The lowest BCUT2D eigenvalue weighted by Crippen LogP contribution is -2.61. The molecule has 5 atom stereocenters. The molecule has 0 amide bonds. The first-order valence-corrected chi connectivity index (χ1v) is 8.93. The maximum Gasteiger partial charge on any atom is 0.172 e. The summed E-state index contributed by atoms with van der Waals surface area (Å²) in [7, 11) is 0. The lowest BCUT2D eigenvalue weighted by molar-refractivity contribution is -0.200. The van der Waals surface area contributed by atoms with Gasteiger partial charge < -0.3 is 25.6 Å². The van der Waals surface area contributed by atoms with Gasteiger partial charge >= 0.3 is 0 Å². The summed E-state index contributed by atoms with van der Waals surface area (Å²) >= 11 is 0. The molecule has 26 heavy (non-hydrogen) atoms. The Bertz CT molecular complexity index is 574. The molecule has 148 valence electrons. The molecule has 1 fully saturated rings. The molecule has 0 saturated carbocycles. The van der Waals surface area contributed by atoms with Gasteiger partial charge in [-0.1, -0.05) is 20.8 Å². The summed E-state index contributed by atoms with van der Waals surface area (Å²) in [5.74, 6) is -1.32. The van der Waals surface area contributed by atoms with Gasteiger partial charge in [0.1, 0.15) is 11.6 Å². The van der Waals surface area contributed by atoms with E-state index in [4.69, 9.17) is 15.2 Å². The number of aliphatic hydroxyl groups is 1. The van der Waals surface area contributed by atoms with E-state index in [1.807, 2.05) is 6.92 Å². The van der Waals surface area contributed by atoms with Crippen molar-refractivity contribution >= 4 is 0 Å². The molecule has 0 aromatic heterocycles. The molecule has 0 aliphatic carbocycles. The molecule has 0 bridgehead atoms. The summed E-state index contributed by atoms with van der Waals surface area (Å²) in [6.07, 6.45) is -1.16. The zero-order valence-corrected chi connectivity index (χ0v) is 15.8. The van der Waals surface area contributed by atoms with Crippen LogP contribution in [-0.4, -0.2) is 48.8 Å². The highest BCUT2D eigenvalue weighted by molar-refractivity contribution is 5.19. The molecule has 1 aliphatic rings. The highest BCUT2D eigenvalue weighted by Crippen LogP contribution is 2.19. The average Bonchev–Trinajstić information content (AvgIpc) is 2.51. The SMILES string of the molecule is C[C@H]1N[C@@H]([C@@H](O)[C@@H](N)Cc2cc(F)cc(F)c2)CO[C@H]1OCC(C)(C)C. The zero-order valence-electron chi connectivity index (χ0n) is 15.8. The summed E-state index contributed by atoms with van der Waals surface area (Å²) in [5, 5.41) is 13.8. The topological polar surface area (TPSA) is 76.7 Å². The number of nitrogens with one attached hydrogen (secondary N) is 1. The van der Waals surface area contributed by atoms with E-state index >= 15 is 0 Å². The van der Waals surface area contributed by atoms with Crippen LogP contribution < -0.4 is 11.1 Å². The highest BCUT2D eigenvalue weighted by Gasteiger charge is 2.35. The van der Waals surface area contributed by atoms with E-state index in [0.717, 1.165) is 6.07 Å². The number of aliphatic hydroxyl groups excluding tert-OH is 1. The number of ether oxygens (including phenoxy) is 2. The van der Waals surface area contributed by atoms with Crippen LogP contribution in [0.1, 0.15) is 33.3 Å². The van der Waals surface area contributed by atoms with E-state index in [-0.39, 0.29) is 30.5 Å². The molecular formula is C19H30F2N2O3. The Morgan fingerprint density at radius 2 is 1.92 bits per heavy atom. The predicted octanol–water partition coefficient (Wildman–Crippen LogP) is 1.96. The van der Waals surface area contributed by atoms with E-state index < -0.39 is 30.1 Å². The molecule has 1 aromatic rings. The molecule has 1 aromatic carbocycles. The largest absolute Gasteiger partial charge is 0.390 e. The molecule has 0 unspecified atom stereocenters. The molecule has 7 heteroatoms. The van der Waals surface area contributed by atoms with Crippen LogP contribution in [0.4, 0.5) is 8.78 Å². The fourth-order valence-corrected chi connectivity index (χ4v) is 2.95. The normalized spacial score (nSPS) is 26.5. The van der Waals surface area contributed by atoms with Gasteiger partial charge in [0.15, 0.2) is 6.29 Å². The summed E-state index contributed by atoms with van der Waals surface area (Å²) < 4.78 is 38.1. The maximum atomic E-state index is 13.3. The van der Waals surface area contributed by atoms with E-state index in [0.29, 0.717) is 12.2 Å². The Balaban J connectivity index is 1.88. The third kappa shape index (κ3) is 6.25. The maximum absolute atomic E-state index is 13.3. The summed E-state index contributed by atoms with van der Waals surface area (Å²) in [5.41, 5.74) is 6.49. The molecule has 0 spiro atoms. The lowest BCUT2D eigenvalue weighted by atomic mass is 9.96. The van der Waals surface area contributed by atoms with Crippen LogP contribution in [0.15, 0.2) is 18.2 Å². The number of benzene rings is 1. The standard InChI is InChI=1S/C19H30F2N2O3/c1-11-18(26-10-19(2,3)4)25-9-16(23-11)17(24)15(22)7-12-5-13(20)8-14(21)6-12/h5-6,8,11,15-18,23-24H,7,9-10,22H2,1-4H3/t11-,15+,16-,17+,18+/m1/s1. The van der Waals surface area contributed by atoms with Crippen molar-refractivity contribution in [3.05, 3.63) is 35.4 Å². The first kappa shape index (κ1) is 21.2. The Morgan fingerprint density at radius 3 is 2.46 bits per heavy atom. The molecule has 2 rings (SSSR count). The van der Waals surface area contributed by atoms with Crippen molar-refractivity contribution < 1.29 is 23.4 Å². The Kier molecular flexibility index (Phi) is 7.10. The van der Waals surface area contributed by atoms with Gasteiger partial charge in [-0.05, 0) is 36.5 Å². The monoisotopic (exact) mass is 372 g/mol. The third-order valence-electron chi connectivity index (χ3n) is 4.25. The van der Waals surface area contributed by atoms with E-state index in [2.05, 4.69) is 26.1 Å². The number of halogens is 2. The molecule has 1 heterocycles. The number of hydrogen-bond donors (Lipinski definition) is 3. The van der Waals surface area contributed by atoms with Crippen molar-refractivity contribution in [1.82, 2.24) is 5.32 Å². The molecule has 1 aliphatic heterocycles. The second-order valence-electron chi connectivity index (χ2n) is 8.27. The zero-order chi connectivity index (χ0) is 19.5. The van der Waals surface area contributed by atoms with E-state index in [9.17, 15) is 13.9 Å². The van der Waals surface area contributed by atoms with Gasteiger partial charge in [-0.25, -0.2) is 8.78 Å². The van der Waals surface area contributed by atoms with E-state index in [1.165, 1.54) is 12.1 Å². The van der Waals surface area contributed by atoms with Crippen molar-refractivity contribution in [2.75, 3.05) is 13.2 Å². The minimum absolute atomic E-state index is 0.0298. The van der Waals surface area contributed by atoms with Crippen LogP contribution in [-0.2, 0) is 15.9 Å². The predicted molar refractivity (Wildman–Crippen MR) is 95.6 cm³/mol. The van der Waals surface area contributed by atoms with Crippen molar-refractivity contribution in [1.29, 1.82) is 0 Å². The van der Waals surface area contributed by atoms with Crippen LogP contribution in [0.25, 0.3) is 0 Å². The van der Waals surface area contributed by atoms with Crippen LogP contribution >= 0.6 is 0 Å². The fraction of sp³-hybridized carbons (Fsp3) is 0.684. The van der Waals surface area contributed by atoms with Crippen LogP contribution in [0, 0.1) is 17.0 Å². The summed E-state index contributed by atoms with van der Waals surface area (Å²) in [6, 6.07) is 2.06. The lowest BCUT2D eigenvalue weighted by Gasteiger charge is -2.39. The number of rotatable bonds is 6. The van der Waals surface area contributed by atoms with Crippen molar-refractivity contribution in [3.8, 4) is 0 Å². The number of nitrogens with two attached hydrogens (primary N) is 1. The van der Waals surface area contributed by atoms with E-state index in [1.54, 1.807) is 0 Å². The second kappa shape index (κ2) is 8.71. The first-order valence-electron chi connectivity index (χ1n) is 8.93. The van der Waals surface area contributed by atoms with Crippen molar-refractivity contribution in [2.45, 2.75) is 64.6 Å². The van der Waals surface area contributed by atoms with Gasteiger partial charge in [0.25, 0.3) is 0 Å². The van der Waals surface area contributed by atoms with Gasteiger partial charge in [0.2, 0.25) is 0 Å². The molecule has 4 N–H and O–H groups in total. The fourth-order valence-electron chi connectivity index (χ4n) is 2.95. The molecular weight excluding hydrogens is 342 g/mol. The molecule has 5 nitrogen and oxygen atoms in total. The first-order chi connectivity index (χ1) is 12.0. The smallest absolute Gasteiger partial charge is 0.172 e. The number of hydrogen-bond acceptors (Lipinski definition) is 5. The number of morpholine rings is 1. The summed E-state index contributed by atoms with van der Waals surface area (Å²) in [6.45, 7) is 8.95. The molecule has 0 radical (unpaired) electrons. The average molecular weight is 372 g/mol.